The smallest absolute Gasteiger partial charge is 0.410 e. The molecule has 0 aromatic carbocycles. The van der Waals surface area contributed by atoms with Gasteiger partial charge in [-0.2, -0.15) is 0 Å². The molecule has 0 fully saturated rings. The summed E-state index contributed by atoms with van der Waals surface area (Å²) in [5.74, 6) is 0. The Morgan fingerprint density at radius 3 is 1.89 bits per heavy atom. The molecule has 0 saturated heterocycles. The number of nitrogens with zero attached hydrogens (tertiary/aromatic N) is 1. The van der Waals surface area contributed by atoms with Gasteiger partial charge in [0.2, 0.25) is 0 Å². The molecule has 0 rings (SSSR count). The lowest BCUT2D eigenvalue weighted by Gasteiger charge is -2.45. The summed E-state index contributed by atoms with van der Waals surface area (Å²) in [5, 5.41) is 0. The molecule has 0 aliphatic carbocycles. The van der Waals surface area contributed by atoms with E-state index in [9.17, 15) is 9.59 Å². The van der Waals surface area contributed by atoms with Crippen LogP contribution in [0.2, 0.25) is 0 Å². The van der Waals surface area contributed by atoms with E-state index in [0.717, 1.165) is 12.7 Å². The van der Waals surface area contributed by atoms with Crippen molar-refractivity contribution in [3.05, 3.63) is 0 Å². The van der Waals surface area contributed by atoms with Crippen molar-refractivity contribution in [1.82, 2.24) is 4.90 Å². The fourth-order valence-corrected chi connectivity index (χ4v) is 1.57. The lowest BCUT2D eigenvalue weighted by Crippen LogP contribution is -2.58. The summed E-state index contributed by atoms with van der Waals surface area (Å²) >= 11 is 0. The van der Waals surface area contributed by atoms with Gasteiger partial charge in [0.25, 0.3) is 0 Å². The number of rotatable bonds is 4. The van der Waals surface area contributed by atoms with Crippen LogP contribution in [-0.4, -0.2) is 35.5 Å². The number of carbonyl (C=O) groups excluding carboxylic acids is 2. The predicted octanol–water partition coefficient (Wildman–Crippen LogP) is 3.25. The lowest BCUT2D eigenvalue weighted by atomic mass is 9.71. The number of ether oxygens (including phenoxy) is 1. The highest BCUT2D eigenvalue weighted by atomic mass is 16.6. The second-order valence-corrected chi connectivity index (χ2v) is 6.54. The number of hydrogen-bond donors (Lipinski definition) is 0. The molecule has 1 amide bonds. The van der Waals surface area contributed by atoms with Crippen LogP contribution in [0.3, 0.4) is 0 Å². The molecule has 106 valence electrons. The summed E-state index contributed by atoms with van der Waals surface area (Å²) in [6.45, 7) is 13.1. The Kier molecular flexibility index (Phi) is 4.98. The van der Waals surface area contributed by atoms with Crippen molar-refractivity contribution < 1.29 is 14.3 Å². The summed E-state index contributed by atoms with van der Waals surface area (Å²) < 4.78 is 5.32. The van der Waals surface area contributed by atoms with Gasteiger partial charge in [0.15, 0.2) is 0 Å². The highest BCUT2D eigenvalue weighted by Crippen LogP contribution is 2.37. The van der Waals surface area contributed by atoms with Gasteiger partial charge in [-0.1, -0.05) is 20.8 Å². The second-order valence-electron chi connectivity index (χ2n) is 6.54. The number of likely N-dealkylation sites (N-methyl/N-ethyl adjacent to an activating group) is 1. The van der Waals surface area contributed by atoms with Gasteiger partial charge < -0.3 is 9.53 Å². The second kappa shape index (κ2) is 5.29. The van der Waals surface area contributed by atoms with E-state index in [1.54, 1.807) is 14.0 Å². The Balaban J connectivity index is 5.20. The van der Waals surface area contributed by atoms with Crippen molar-refractivity contribution in [3.8, 4) is 0 Å². The lowest BCUT2D eigenvalue weighted by molar-refractivity contribution is -0.124. The normalized spacial score (nSPS) is 15.8. The van der Waals surface area contributed by atoms with Crippen LogP contribution in [0, 0.1) is 5.41 Å². The van der Waals surface area contributed by atoms with Crippen LogP contribution in [-0.2, 0) is 9.53 Å². The topological polar surface area (TPSA) is 46.6 Å². The standard InChI is InChI=1S/C14H27NO3/c1-9-13(5,6)14(7,10-16)15(8)11(17)18-12(2,3)4/h10H,9H2,1-8H3. The van der Waals surface area contributed by atoms with Crippen LogP contribution in [0.1, 0.15) is 54.9 Å². The van der Waals surface area contributed by atoms with Gasteiger partial charge in [0.05, 0.1) is 0 Å². The van der Waals surface area contributed by atoms with E-state index in [4.69, 9.17) is 4.74 Å². The molecule has 0 aliphatic rings. The van der Waals surface area contributed by atoms with E-state index in [-0.39, 0.29) is 5.41 Å². The first-order valence-corrected chi connectivity index (χ1v) is 6.34. The van der Waals surface area contributed by atoms with Gasteiger partial charge in [-0.15, -0.1) is 0 Å². The molecule has 1 atom stereocenters. The van der Waals surface area contributed by atoms with E-state index in [1.165, 1.54) is 4.90 Å². The van der Waals surface area contributed by atoms with Gasteiger partial charge in [0.1, 0.15) is 17.4 Å². The average Bonchev–Trinajstić information content (AvgIpc) is 2.24. The molecule has 1 unspecified atom stereocenters. The first-order chi connectivity index (χ1) is 7.91. The minimum atomic E-state index is -0.885. The predicted molar refractivity (Wildman–Crippen MR) is 72.5 cm³/mol. The van der Waals surface area contributed by atoms with Crippen molar-refractivity contribution in [2.24, 2.45) is 5.41 Å². The van der Waals surface area contributed by atoms with Gasteiger partial charge >= 0.3 is 6.09 Å². The van der Waals surface area contributed by atoms with Crippen molar-refractivity contribution in [2.45, 2.75) is 66.0 Å². The largest absolute Gasteiger partial charge is 0.444 e. The molecular formula is C14H27NO3. The molecule has 0 aliphatic heterocycles. The Bertz CT molecular complexity index is 317. The van der Waals surface area contributed by atoms with E-state index in [2.05, 4.69) is 0 Å². The molecular weight excluding hydrogens is 230 g/mol. The summed E-state index contributed by atoms with van der Waals surface area (Å²) in [4.78, 5) is 25.0. The van der Waals surface area contributed by atoms with E-state index < -0.39 is 17.2 Å². The fraction of sp³-hybridized carbons (Fsp3) is 0.857. The van der Waals surface area contributed by atoms with Crippen molar-refractivity contribution >= 4 is 12.4 Å². The summed E-state index contributed by atoms with van der Waals surface area (Å²) in [7, 11) is 1.61. The maximum Gasteiger partial charge on any atom is 0.410 e. The minimum absolute atomic E-state index is 0.319. The SMILES string of the molecule is CCC(C)(C)C(C)(C=O)N(C)C(=O)OC(C)(C)C. The zero-order valence-electron chi connectivity index (χ0n) is 13.0. The summed E-state index contributed by atoms with van der Waals surface area (Å²) in [6.07, 6.45) is 1.15. The number of carbonyl (C=O) groups is 2. The molecule has 0 N–H and O–H groups in total. The Labute approximate surface area is 111 Å². The zero-order chi connectivity index (χ0) is 14.8. The third kappa shape index (κ3) is 3.47. The summed E-state index contributed by atoms with van der Waals surface area (Å²) in [6, 6.07) is 0. The van der Waals surface area contributed by atoms with Crippen LogP contribution in [0.5, 0.6) is 0 Å². The monoisotopic (exact) mass is 257 g/mol. The van der Waals surface area contributed by atoms with Crippen molar-refractivity contribution in [1.29, 1.82) is 0 Å². The highest BCUT2D eigenvalue weighted by Gasteiger charge is 2.46. The first kappa shape index (κ1) is 16.9. The van der Waals surface area contributed by atoms with Crippen LogP contribution in [0.25, 0.3) is 0 Å². The maximum absolute atomic E-state index is 12.1. The van der Waals surface area contributed by atoms with Crippen molar-refractivity contribution in [2.75, 3.05) is 7.05 Å². The first-order valence-electron chi connectivity index (χ1n) is 6.34. The number of amides is 1. The van der Waals surface area contributed by atoms with E-state index in [0.29, 0.717) is 0 Å². The zero-order valence-corrected chi connectivity index (χ0v) is 13.0. The number of hydrogen-bond acceptors (Lipinski definition) is 3. The average molecular weight is 257 g/mol. The third-order valence-electron chi connectivity index (χ3n) is 3.85. The molecule has 18 heavy (non-hydrogen) atoms. The summed E-state index contributed by atoms with van der Waals surface area (Å²) in [5.41, 5.74) is -1.77. The highest BCUT2D eigenvalue weighted by molar-refractivity contribution is 5.77. The minimum Gasteiger partial charge on any atom is -0.444 e. The van der Waals surface area contributed by atoms with E-state index in [1.807, 2.05) is 41.5 Å². The van der Waals surface area contributed by atoms with Crippen LogP contribution in [0.15, 0.2) is 0 Å². The molecule has 0 aromatic heterocycles. The Hall–Kier alpha value is -1.06. The van der Waals surface area contributed by atoms with Crippen LogP contribution in [0.4, 0.5) is 4.79 Å². The molecule has 4 nitrogen and oxygen atoms in total. The fourth-order valence-electron chi connectivity index (χ4n) is 1.57. The quantitative estimate of drug-likeness (QED) is 0.726. The molecule has 4 heteroatoms. The van der Waals surface area contributed by atoms with E-state index >= 15 is 0 Å². The molecule has 0 heterocycles. The Morgan fingerprint density at radius 2 is 1.61 bits per heavy atom. The van der Waals surface area contributed by atoms with Crippen molar-refractivity contribution in [3.63, 3.8) is 0 Å². The van der Waals surface area contributed by atoms with Crippen LogP contribution >= 0.6 is 0 Å². The molecule has 0 bridgehead atoms. The molecule has 0 radical (unpaired) electrons. The van der Waals surface area contributed by atoms with Gasteiger partial charge in [-0.05, 0) is 39.5 Å². The number of aldehydes is 1. The van der Waals surface area contributed by atoms with Crippen LogP contribution < -0.4 is 0 Å². The maximum atomic E-state index is 12.1. The molecule has 0 saturated carbocycles. The van der Waals surface area contributed by atoms with Gasteiger partial charge in [0, 0.05) is 7.05 Å². The van der Waals surface area contributed by atoms with Gasteiger partial charge in [-0.3, -0.25) is 4.90 Å². The molecule has 0 aromatic rings. The molecule has 0 spiro atoms. The Morgan fingerprint density at radius 1 is 1.17 bits per heavy atom. The third-order valence-corrected chi connectivity index (χ3v) is 3.85. The van der Waals surface area contributed by atoms with Gasteiger partial charge in [-0.25, -0.2) is 4.79 Å².